The summed E-state index contributed by atoms with van der Waals surface area (Å²) in [6.45, 7) is 4.48. The zero-order valence-electron chi connectivity index (χ0n) is 11.5. The van der Waals surface area contributed by atoms with Crippen molar-refractivity contribution in [1.82, 2.24) is 0 Å². The van der Waals surface area contributed by atoms with Crippen LogP contribution in [0.4, 0.5) is 0 Å². The highest BCUT2D eigenvalue weighted by Crippen LogP contribution is 2.43. The molecule has 1 aliphatic carbocycles. The van der Waals surface area contributed by atoms with Gasteiger partial charge in [-0.05, 0) is 6.07 Å². The third-order valence-electron chi connectivity index (χ3n) is 3.15. The molecule has 0 spiro atoms. The highest BCUT2D eigenvalue weighted by atomic mass is 31.2. The van der Waals surface area contributed by atoms with E-state index in [2.05, 4.69) is 6.58 Å². The van der Waals surface area contributed by atoms with Crippen molar-refractivity contribution in [3.63, 3.8) is 0 Å². The lowest BCUT2D eigenvalue weighted by Gasteiger charge is -2.11. The molecule has 1 aromatic carbocycles. The van der Waals surface area contributed by atoms with Gasteiger partial charge in [0.05, 0.1) is 5.56 Å². The zero-order chi connectivity index (χ0) is 16.1. The van der Waals surface area contributed by atoms with Crippen LogP contribution >= 0.6 is 7.60 Å². The van der Waals surface area contributed by atoms with E-state index in [9.17, 15) is 19.0 Å². The summed E-state index contributed by atoms with van der Waals surface area (Å²) in [5, 5.41) is 0. The first-order valence-corrected chi connectivity index (χ1v) is 8.32. The highest BCUT2D eigenvalue weighted by molar-refractivity contribution is 7.52. The summed E-state index contributed by atoms with van der Waals surface area (Å²) in [6, 6.07) is 7.71. The molecule has 1 atom stereocenters. The van der Waals surface area contributed by atoms with Crippen LogP contribution in [-0.2, 0) is 9.09 Å². The molecular formula is C15H11O6P. The van der Waals surface area contributed by atoms with Crippen molar-refractivity contribution < 1.29 is 28.0 Å². The second-order valence-corrected chi connectivity index (χ2v) is 6.66. The van der Waals surface area contributed by atoms with Crippen LogP contribution in [0.25, 0.3) is 5.76 Å². The van der Waals surface area contributed by atoms with Crippen molar-refractivity contribution in [2.75, 3.05) is 6.66 Å². The zero-order valence-corrected chi connectivity index (χ0v) is 12.4. The number of ketones is 2. The van der Waals surface area contributed by atoms with Gasteiger partial charge in [-0.2, -0.15) is 0 Å². The van der Waals surface area contributed by atoms with Gasteiger partial charge >= 0.3 is 7.60 Å². The Morgan fingerprint density at radius 2 is 1.77 bits per heavy atom. The van der Waals surface area contributed by atoms with Crippen LogP contribution in [0.1, 0.15) is 37.8 Å². The molecule has 1 aliphatic rings. The Hall–Kier alpha value is -2.43. The SMILES string of the molecule is C=C(OP(C)(=O)O)c1cc2c(o1)C(=O)c1ccccc1C2=O. The normalized spacial score (nSPS) is 15.7. The summed E-state index contributed by atoms with van der Waals surface area (Å²) in [4.78, 5) is 33.9. The van der Waals surface area contributed by atoms with Crippen LogP contribution in [-0.4, -0.2) is 23.1 Å². The van der Waals surface area contributed by atoms with Gasteiger partial charge in [-0.3, -0.25) is 9.59 Å². The number of benzene rings is 1. The average Bonchev–Trinajstić information content (AvgIpc) is 2.89. The standard InChI is InChI=1S/C15H11O6P/c1-8(21-22(2,18)19)12-7-11-13(16)9-5-3-4-6-10(9)14(17)15(11)20-12/h3-7H,1H2,2H3,(H,18,19). The molecule has 1 aromatic heterocycles. The molecule has 1 unspecified atom stereocenters. The average molecular weight is 318 g/mol. The molecule has 6 nitrogen and oxygen atoms in total. The molecule has 0 saturated heterocycles. The van der Waals surface area contributed by atoms with E-state index in [4.69, 9.17) is 8.94 Å². The monoisotopic (exact) mass is 318 g/mol. The maximum atomic E-state index is 12.4. The molecule has 2 aromatic rings. The Morgan fingerprint density at radius 3 is 2.36 bits per heavy atom. The first-order valence-electron chi connectivity index (χ1n) is 6.29. The number of carbonyl (C=O) groups is 2. The van der Waals surface area contributed by atoms with Gasteiger partial charge in [-0.25, -0.2) is 4.57 Å². The Balaban J connectivity index is 2.06. The van der Waals surface area contributed by atoms with Crippen molar-refractivity contribution in [2.24, 2.45) is 0 Å². The Kier molecular flexibility index (Phi) is 3.16. The van der Waals surface area contributed by atoms with Crippen molar-refractivity contribution in [2.45, 2.75) is 0 Å². The van der Waals surface area contributed by atoms with Crippen molar-refractivity contribution in [1.29, 1.82) is 0 Å². The summed E-state index contributed by atoms with van der Waals surface area (Å²) in [5.74, 6) is -1.14. The number of rotatable bonds is 3. The third-order valence-corrected chi connectivity index (χ3v) is 3.71. The lowest BCUT2D eigenvalue weighted by molar-refractivity contribution is 0.0960. The molecule has 1 N–H and O–H groups in total. The number of carbonyl (C=O) groups excluding carboxylic acids is 2. The first kappa shape index (κ1) is 14.5. The molecule has 3 rings (SSSR count). The molecule has 0 bridgehead atoms. The summed E-state index contributed by atoms with van der Waals surface area (Å²) >= 11 is 0. The summed E-state index contributed by atoms with van der Waals surface area (Å²) in [7, 11) is -3.81. The minimum absolute atomic E-state index is 0.0318. The highest BCUT2D eigenvalue weighted by Gasteiger charge is 2.34. The van der Waals surface area contributed by atoms with Crippen LogP contribution in [0, 0.1) is 0 Å². The molecule has 112 valence electrons. The predicted molar refractivity (Wildman–Crippen MR) is 77.9 cm³/mol. The van der Waals surface area contributed by atoms with Gasteiger partial charge in [0.2, 0.25) is 5.78 Å². The van der Waals surface area contributed by atoms with Gasteiger partial charge in [-0.15, -0.1) is 0 Å². The van der Waals surface area contributed by atoms with E-state index < -0.39 is 13.4 Å². The van der Waals surface area contributed by atoms with Gasteiger partial charge in [0.1, 0.15) is 0 Å². The largest absolute Gasteiger partial charge is 0.449 e. The number of hydrogen-bond donors (Lipinski definition) is 1. The quantitative estimate of drug-likeness (QED) is 0.589. The lowest BCUT2D eigenvalue weighted by Crippen LogP contribution is -2.18. The van der Waals surface area contributed by atoms with Gasteiger partial charge in [-0.1, -0.05) is 30.8 Å². The molecule has 7 heteroatoms. The van der Waals surface area contributed by atoms with E-state index >= 15 is 0 Å². The molecule has 1 heterocycles. The lowest BCUT2D eigenvalue weighted by atomic mass is 9.89. The number of furan rings is 1. The van der Waals surface area contributed by atoms with Crippen molar-refractivity contribution >= 4 is 24.9 Å². The van der Waals surface area contributed by atoms with Crippen LogP contribution in [0.3, 0.4) is 0 Å². The summed E-state index contributed by atoms with van der Waals surface area (Å²) < 4.78 is 21.3. The molecule has 0 fully saturated rings. The topological polar surface area (TPSA) is 93.8 Å². The molecule has 0 radical (unpaired) electrons. The smallest absolute Gasteiger partial charge is 0.373 e. The molecule has 0 aliphatic heterocycles. The Bertz CT molecular complexity index is 817. The van der Waals surface area contributed by atoms with Gasteiger partial charge in [0.25, 0.3) is 0 Å². The van der Waals surface area contributed by atoms with Crippen LogP contribution in [0.5, 0.6) is 0 Å². The van der Waals surface area contributed by atoms with Crippen LogP contribution in [0.15, 0.2) is 41.3 Å². The maximum absolute atomic E-state index is 12.4. The van der Waals surface area contributed by atoms with Crippen LogP contribution in [0.2, 0.25) is 0 Å². The predicted octanol–water partition coefficient (Wildman–Crippen LogP) is 2.86. The van der Waals surface area contributed by atoms with Crippen LogP contribution < -0.4 is 0 Å². The molecule has 0 saturated carbocycles. The van der Waals surface area contributed by atoms with Gasteiger partial charge in [0.15, 0.2) is 23.1 Å². The van der Waals surface area contributed by atoms with E-state index in [0.29, 0.717) is 5.56 Å². The van der Waals surface area contributed by atoms with E-state index in [1.807, 2.05) is 0 Å². The second kappa shape index (κ2) is 4.80. The van der Waals surface area contributed by atoms with Crippen molar-refractivity contribution in [3.05, 3.63) is 65.1 Å². The molecular weight excluding hydrogens is 307 g/mol. The first-order chi connectivity index (χ1) is 10.3. The summed E-state index contributed by atoms with van der Waals surface area (Å²) in [5.41, 5.74) is 0.644. The fourth-order valence-electron chi connectivity index (χ4n) is 2.26. The maximum Gasteiger partial charge on any atom is 0.373 e. The Labute approximate surface area is 125 Å². The fraction of sp³-hybridized carbons (Fsp3) is 0.0667. The Morgan fingerprint density at radius 1 is 1.18 bits per heavy atom. The van der Waals surface area contributed by atoms with Crippen molar-refractivity contribution in [3.8, 4) is 0 Å². The molecule has 22 heavy (non-hydrogen) atoms. The minimum Gasteiger partial charge on any atom is -0.449 e. The number of hydrogen-bond acceptors (Lipinski definition) is 5. The number of fused-ring (bicyclic) bond motifs is 2. The van der Waals surface area contributed by atoms with Gasteiger partial charge in [0, 0.05) is 17.8 Å². The summed E-state index contributed by atoms with van der Waals surface area (Å²) in [6.07, 6.45) is 0. The fourth-order valence-corrected chi connectivity index (χ4v) is 2.76. The third kappa shape index (κ3) is 2.32. The van der Waals surface area contributed by atoms with E-state index in [1.165, 1.54) is 6.07 Å². The van der Waals surface area contributed by atoms with E-state index in [1.54, 1.807) is 24.3 Å². The minimum atomic E-state index is -3.81. The van der Waals surface area contributed by atoms with E-state index in [0.717, 1.165) is 6.66 Å². The second-order valence-electron chi connectivity index (χ2n) is 4.87. The van der Waals surface area contributed by atoms with E-state index in [-0.39, 0.29) is 34.2 Å². The van der Waals surface area contributed by atoms with Gasteiger partial charge < -0.3 is 13.8 Å². The molecule has 0 amide bonds.